The molecule has 0 bridgehead atoms. The van der Waals surface area contributed by atoms with Gasteiger partial charge in [-0.2, -0.15) is 0 Å². The quantitative estimate of drug-likeness (QED) is 0.284. The van der Waals surface area contributed by atoms with Crippen LogP contribution in [0.4, 0.5) is 5.69 Å². The number of para-hydroxylation sites is 1. The van der Waals surface area contributed by atoms with Gasteiger partial charge in [0.25, 0.3) is 0 Å². The van der Waals surface area contributed by atoms with E-state index in [4.69, 9.17) is 0 Å². The maximum atomic E-state index is 13.6. The Labute approximate surface area is 383 Å². The van der Waals surface area contributed by atoms with Gasteiger partial charge in [0.05, 0.1) is 17.1 Å². The van der Waals surface area contributed by atoms with Crippen molar-refractivity contribution in [3.05, 3.63) is 66.2 Å². The molecule has 1 amide bonds. The standard InChI is InChI=1S/C27H39NO2.C20H32O3.C8H10.2CH4/c1-26(30)15-13-20-18(17-26)9-10-22-21(20)14-16-27(2)23(22)11-12-24(27)25(29)28(3)19-7-5-4-6-8-19;1-19(23)9-7-13-12(11-19)3-4-15-14(13)8-10-20(2)16(15)5-6-17(20)18(21)22;1-2-8-6-4-3-5-7-8;;/h4-8,18,20-24,30H,9-17H2,1-3H3;12-17,23H,3-11H2,1-2H3,(H,21,22);3-7H,2H2,1H3;2*1H4/t18-,20+,21-,22-,23+,24-,26-,27+;12-,13+,14-,15-,16+,17-,19-,20+;;;/m11.../s1. The fraction of sp³-hybridized carbons (Fsp3) is 0.754. The third kappa shape index (κ3) is 9.75. The van der Waals surface area contributed by atoms with E-state index in [1.165, 1.54) is 69.8 Å². The molecule has 0 saturated heterocycles. The van der Waals surface area contributed by atoms with Crippen molar-refractivity contribution in [1.82, 2.24) is 0 Å². The van der Waals surface area contributed by atoms with Gasteiger partial charge in [-0.1, -0.05) is 84.2 Å². The zero-order valence-electron chi connectivity index (χ0n) is 38.7. The normalized spacial score (nSPS) is 43.0. The average Bonchev–Trinajstić information content (AvgIpc) is 3.80. The number of nitrogens with zero attached hydrogens (tertiary/aromatic N) is 1. The molecule has 2 aromatic carbocycles. The fourth-order valence-electron chi connectivity index (χ4n) is 16.7. The zero-order valence-corrected chi connectivity index (χ0v) is 38.7. The molecule has 16 atom stereocenters. The Bertz CT molecular complexity index is 1810. The fourth-order valence-corrected chi connectivity index (χ4v) is 16.7. The topological polar surface area (TPSA) is 98.1 Å². The maximum Gasteiger partial charge on any atom is 0.307 e. The molecule has 2 aromatic rings. The molecule has 8 saturated carbocycles. The number of carboxylic acids is 1. The maximum absolute atomic E-state index is 13.6. The minimum atomic E-state index is -0.559. The summed E-state index contributed by atoms with van der Waals surface area (Å²) in [6, 6.07) is 20.6. The molecule has 0 unspecified atom stereocenters. The lowest BCUT2D eigenvalue weighted by atomic mass is 9.49. The van der Waals surface area contributed by atoms with Gasteiger partial charge in [0.1, 0.15) is 0 Å². The molecule has 0 aliphatic heterocycles. The Balaban J connectivity index is 0.000000177. The van der Waals surface area contributed by atoms with Crippen LogP contribution in [0.15, 0.2) is 60.7 Å². The highest BCUT2D eigenvalue weighted by atomic mass is 16.4. The van der Waals surface area contributed by atoms with Crippen molar-refractivity contribution in [3.8, 4) is 0 Å². The van der Waals surface area contributed by atoms with Crippen LogP contribution in [-0.2, 0) is 16.0 Å². The van der Waals surface area contributed by atoms with Gasteiger partial charge in [-0.25, -0.2) is 0 Å². The lowest BCUT2D eigenvalue weighted by molar-refractivity contribution is -0.150. The third-order valence-corrected chi connectivity index (χ3v) is 19.8. The predicted octanol–water partition coefficient (Wildman–Crippen LogP) is 13.3. The van der Waals surface area contributed by atoms with Crippen LogP contribution >= 0.6 is 0 Å². The first-order valence-electron chi connectivity index (χ1n) is 25.1. The van der Waals surface area contributed by atoms with Gasteiger partial charge in [0.15, 0.2) is 0 Å². The Kier molecular flexibility index (Phi) is 15.5. The molecule has 3 N–H and O–H groups in total. The number of amides is 1. The van der Waals surface area contributed by atoms with Crippen LogP contribution in [0.25, 0.3) is 0 Å². The molecule has 8 fully saturated rings. The van der Waals surface area contributed by atoms with E-state index < -0.39 is 17.2 Å². The van der Waals surface area contributed by atoms with Gasteiger partial charge >= 0.3 is 5.97 Å². The van der Waals surface area contributed by atoms with Crippen molar-refractivity contribution in [2.45, 2.75) is 183 Å². The second kappa shape index (κ2) is 19.6. The van der Waals surface area contributed by atoms with E-state index in [-0.39, 0.29) is 37.5 Å². The average molecular weight is 868 g/mol. The van der Waals surface area contributed by atoms with E-state index in [1.54, 1.807) is 0 Å². The van der Waals surface area contributed by atoms with E-state index in [0.29, 0.717) is 23.7 Å². The highest BCUT2D eigenvalue weighted by Gasteiger charge is 2.61. The van der Waals surface area contributed by atoms with Crippen molar-refractivity contribution in [2.75, 3.05) is 11.9 Å². The summed E-state index contributed by atoms with van der Waals surface area (Å²) in [6.07, 6.45) is 21.7. The molecule has 0 spiro atoms. The summed E-state index contributed by atoms with van der Waals surface area (Å²) in [5.41, 5.74) is 1.74. The second-order valence-electron chi connectivity index (χ2n) is 23.1. The largest absolute Gasteiger partial charge is 0.481 e. The molecule has 8 aliphatic carbocycles. The molecule has 63 heavy (non-hydrogen) atoms. The summed E-state index contributed by atoms with van der Waals surface area (Å²) in [5, 5.41) is 30.7. The lowest BCUT2D eigenvalue weighted by Crippen LogP contribution is -2.51. The zero-order chi connectivity index (χ0) is 43.3. The SMILES string of the molecule is C.C.CCc1ccccc1.CN(C(=O)[C@H]1CC[C@H]2[C@@H]3CC[C@@H]4C[C@](C)(O)CC[C@@H]4[C@H]3CC[C@]12C)c1ccccc1.C[C@@]1(O)CC[C@H]2[C@H](CC[C@@H]3[C@@H]2CC[C@]2(C)[C@@H](C(=O)O)CC[C@@H]32)C1. The summed E-state index contributed by atoms with van der Waals surface area (Å²) in [7, 11) is 1.96. The molecule has 10 rings (SSSR count). The number of hydrogen-bond donors (Lipinski definition) is 3. The molecular formula is C57H89NO5. The number of carboxylic acid groups (broad SMARTS) is 1. The van der Waals surface area contributed by atoms with Crippen LogP contribution in [0, 0.1) is 81.8 Å². The van der Waals surface area contributed by atoms with Crippen LogP contribution in [0.5, 0.6) is 0 Å². The van der Waals surface area contributed by atoms with Gasteiger partial charge in [0.2, 0.25) is 5.91 Å². The van der Waals surface area contributed by atoms with Crippen molar-refractivity contribution in [3.63, 3.8) is 0 Å². The number of carbonyl (C=O) groups excluding carboxylic acids is 1. The van der Waals surface area contributed by atoms with Gasteiger partial charge in [-0.05, 0) is 224 Å². The Morgan fingerprint density at radius 3 is 1.43 bits per heavy atom. The van der Waals surface area contributed by atoms with E-state index >= 15 is 0 Å². The minimum Gasteiger partial charge on any atom is -0.481 e. The first-order valence-corrected chi connectivity index (χ1v) is 25.1. The monoisotopic (exact) mass is 868 g/mol. The van der Waals surface area contributed by atoms with Crippen molar-refractivity contribution < 1.29 is 24.9 Å². The lowest BCUT2D eigenvalue weighted by Gasteiger charge is -2.57. The molecule has 352 valence electrons. The van der Waals surface area contributed by atoms with Crippen LogP contribution in [-0.4, -0.2) is 45.4 Å². The summed E-state index contributed by atoms with van der Waals surface area (Å²) in [6.45, 7) is 10.9. The van der Waals surface area contributed by atoms with Crippen LogP contribution in [0.2, 0.25) is 0 Å². The summed E-state index contributed by atoms with van der Waals surface area (Å²) < 4.78 is 0. The van der Waals surface area contributed by atoms with Crippen molar-refractivity contribution in [2.24, 2.45) is 81.8 Å². The first kappa shape index (κ1) is 49.7. The van der Waals surface area contributed by atoms with E-state index in [2.05, 4.69) is 45.0 Å². The van der Waals surface area contributed by atoms with Crippen LogP contribution < -0.4 is 4.90 Å². The van der Waals surface area contributed by atoms with E-state index in [0.717, 1.165) is 105 Å². The number of hydrogen-bond acceptors (Lipinski definition) is 4. The van der Waals surface area contributed by atoms with Crippen LogP contribution in [0.3, 0.4) is 0 Å². The van der Waals surface area contributed by atoms with Crippen molar-refractivity contribution >= 4 is 17.6 Å². The Morgan fingerprint density at radius 1 is 0.556 bits per heavy atom. The summed E-state index contributed by atoms with van der Waals surface area (Å²) in [5.74, 6) is 7.38. The highest BCUT2D eigenvalue weighted by Crippen LogP contribution is 2.66. The van der Waals surface area contributed by atoms with Gasteiger partial charge in [-0.3, -0.25) is 9.59 Å². The third-order valence-electron chi connectivity index (χ3n) is 19.8. The molecular weight excluding hydrogens is 779 g/mol. The first-order chi connectivity index (χ1) is 29.0. The van der Waals surface area contributed by atoms with Gasteiger partial charge in [0, 0.05) is 18.7 Å². The number of benzene rings is 2. The predicted molar refractivity (Wildman–Crippen MR) is 259 cm³/mol. The number of aliphatic hydroxyl groups is 2. The van der Waals surface area contributed by atoms with Crippen LogP contribution in [0.1, 0.15) is 171 Å². The minimum absolute atomic E-state index is 0. The molecule has 0 heterocycles. The number of anilines is 1. The van der Waals surface area contributed by atoms with Gasteiger partial charge in [-0.15, -0.1) is 0 Å². The number of aryl methyl sites for hydroxylation is 1. The Hall–Kier alpha value is -2.70. The molecule has 0 radical (unpaired) electrons. The Morgan fingerprint density at radius 2 is 0.984 bits per heavy atom. The molecule has 8 aliphatic rings. The van der Waals surface area contributed by atoms with Gasteiger partial charge < -0.3 is 20.2 Å². The number of fused-ring (bicyclic) bond motifs is 10. The number of rotatable bonds is 4. The number of carbonyl (C=O) groups is 2. The molecule has 0 aromatic heterocycles. The summed E-state index contributed by atoms with van der Waals surface area (Å²) in [4.78, 5) is 27.2. The van der Waals surface area contributed by atoms with Crippen molar-refractivity contribution in [1.29, 1.82) is 0 Å². The smallest absolute Gasteiger partial charge is 0.307 e. The van der Waals surface area contributed by atoms with E-state index in [1.807, 2.05) is 62.2 Å². The molecule has 6 nitrogen and oxygen atoms in total. The van der Waals surface area contributed by atoms with E-state index in [9.17, 15) is 24.9 Å². The number of aliphatic carboxylic acids is 1. The highest BCUT2D eigenvalue weighted by molar-refractivity contribution is 5.95. The molecule has 6 heteroatoms. The second-order valence-corrected chi connectivity index (χ2v) is 23.1. The summed E-state index contributed by atoms with van der Waals surface area (Å²) >= 11 is 0.